The van der Waals surface area contributed by atoms with Gasteiger partial charge < -0.3 is 4.90 Å². The second kappa shape index (κ2) is 5.31. The van der Waals surface area contributed by atoms with Gasteiger partial charge in [-0.3, -0.25) is 9.78 Å². The van der Waals surface area contributed by atoms with Gasteiger partial charge in [-0.25, -0.2) is 8.78 Å². The van der Waals surface area contributed by atoms with Gasteiger partial charge in [0.25, 0.3) is 6.43 Å². The van der Waals surface area contributed by atoms with Crippen LogP contribution >= 0.6 is 0 Å². The number of pyridine rings is 1. The van der Waals surface area contributed by atoms with Crippen LogP contribution in [0.2, 0.25) is 0 Å². The van der Waals surface area contributed by atoms with Gasteiger partial charge in [0.2, 0.25) is 5.91 Å². The van der Waals surface area contributed by atoms with Crippen molar-refractivity contribution in [1.29, 1.82) is 5.26 Å². The van der Waals surface area contributed by atoms with Crippen LogP contribution < -0.4 is 0 Å². The zero-order valence-corrected chi connectivity index (χ0v) is 12.3. The Balaban J connectivity index is 1.95. The van der Waals surface area contributed by atoms with E-state index < -0.39 is 17.7 Å². The molecule has 4 nitrogen and oxygen atoms in total. The minimum absolute atomic E-state index is 0.128. The number of hydrogen-bond donors (Lipinski definition) is 0. The minimum atomic E-state index is -2.64. The fourth-order valence-electron chi connectivity index (χ4n) is 3.82. The Kier molecular flexibility index (Phi) is 3.59. The highest BCUT2D eigenvalue weighted by molar-refractivity contribution is 5.86. The standard InChI is InChI=1S/C16H17F2N3O/c1-2-16(14(17)18)6-12-3-4-13(21(12)15(16)22)11-5-10(7-19)8-20-9-11/h5,8-9,12-14H,2-4,6H2,1H3/t12-,13+,16?/m0/s1. The number of nitrogens with zero attached hydrogens (tertiary/aromatic N) is 3. The van der Waals surface area contributed by atoms with Crippen LogP contribution in [0.5, 0.6) is 0 Å². The Labute approximate surface area is 127 Å². The van der Waals surface area contributed by atoms with Gasteiger partial charge in [-0.1, -0.05) is 6.92 Å². The number of alkyl halides is 2. The van der Waals surface area contributed by atoms with Crippen molar-refractivity contribution in [2.24, 2.45) is 5.41 Å². The Hall–Kier alpha value is -2.03. The number of carbonyl (C=O) groups is 1. The highest BCUT2D eigenvalue weighted by Crippen LogP contribution is 2.52. The summed E-state index contributed by atoms with van der Waals surface area (Å²) >= 11 is 0. The Morgan fingerprint density at radius 1 is 1.50 bits per heavy atom. The molecule has 0 spiro atoms. The van der Waals surface area contributed by atoms with Gasteiger partial charge in [-0.15, -0.1) is 0 Å². The van der Waals surface area contributed by atoms with Gasteiger partial charge in [0, 0.05) is 18.4 Å². The van der Waals surface area contributed by atoms with E-state index in [-0.39, 0.29) is 24.9 Å². The largest absolute Gasteiger partial charge is 0.332 e. The molecule has 3 heterocycles. The zero-order valence-electron chi connectivity index (χ0n) is 12.3. The molecule has 3 atom stereocenters. The first-order valence-corrected chi connectivity index (χ1v) is 7.49. The van der Waals surface area contributed by atoms with E-state index in [1.54, 1.807) is 24.1 Å². The normalized spacial score (nSPS) is 30.7. The van der Waals surface area contributed by atoms with Gasteiger partial charge in [-0.2, -0.15) is 5.26 Å². The molecular formula is C16H17F2N3O. The second-order valence-corrected chi connectivity index (χ2v) is 6.09. The number of amides is 1. The van der Waals surface area contributed by atoms with Crippen molar-refractivity contribution < 1.29 is 13.6 Å². The van der Waals surface area contributed by atoms with E-state index in [9.17, 15) is 13.6 Å². The summed E-state index contributed by atoms with van der Waals surface area (Å²) in [6.45, 7) is 1.65. The van der Waals surface area contributed by atoms with E-state index in [2.05, 4.69) is 4.98 Å². The molecule has 1 aromatic heterocycles. The molecule has 22 heavy (non-hydrogen) atoms. The SMILES string of the molecule is CCC1(C(F)F)C[C@@H]2CC[C@H](c3cncc(C#N)c3)N2C1=O. The summed E-state index contributed by atoms with van der Waals surface area (Å²) in [5.41, 5.74) is -0.358. The smallest absolute Gasteiger partial charge is 0.252 e. The van der Waals surface area contributed by atoms with Crippen molar-refractivity contribution in [2.45, 2.75) is 51.1 Å². The summed E-state index contributed by atoms with van der Waals surface area (Å²) < 4.78 is 27.0. The summed E-state index contributed by atoms with van der Waals surface area (Å²) in [4.78, 5) is 18.3. The molecule has 3 rings (SSSR count). The molecule has 0 aliphatic carbocycles. The number of fused-ring (bicyclic) bond motifs is 1. The van der Waals surface area contributed by atoms with E-state index in [1.807, 2.05) is 6.07 Å². The summed E-state index contributed by atoms with van der Waals surface area (Å²) in [7, 11) is 0. The first kappa shape index (κ1) is 14.9. The molecule has 0 saturated carbocycles. The monoisotopic (exact) mass is 305 g/mol. The molecule has 6 heteroatoms. The fraction of sp³-hybridized carbons (Fsp3) is 0.562. The average molecular weight is 305 g/mol. The van der Waals surface area contributed by atoms with Gasteiger partial charge >= 0.3 is 0 Å². The van der Waals surface area contributed by atoms with Crippen molar-refractivity contribution in [1.82, 2.24) is 9.88 Å². The minimum Gasteiger partial charge on any atom is -0.332 e. The first-order valence-electron chi connectivity index (χ1n) is 7.49. The summed E-state index contributed by atoms with van der Waals surface area (Å²) in [5.74, 6) is -0.445. The van der Waals surface area contributed by atoms with Crippen LogP contribution in [-0.4, -0.2) is 28.3 Å². The Morgan fingerprint density at radius 2 is 2.27 bits per heavy atom. The molecule has 116 valence electrons. The van der Waals surface area contributed by atoms with E-state index in [0.29, 0.717) is 5.56 Å². The first-order chi connectivity index (χ1) is 10.5. The van der Waals surface area contributed by atoms with Gasteiger partial charge in [0.1, 0.15) is 11.5 Å². The topological polar surface area (TPSA) is 57.0 Å². The summed E-state index contributed by atoms with van der Waals surface area (Å²) in [5, 5.41) is 8.97. The number of nitriles is 1. The second-order valence-electron chi connectivity index (χ2n) is 6.09. The summed E-state index contributed by atoms with van der Waals surface area (Å²) in [6.07, 6.45) is 2.27. The van der Waals surface area contributed by atoms with E-state index >= 15 is 0 Å². The maximum absolute atomic E-state index is 13.5. The number of rotatable bonds is 3. The molecule has 1 unspecified atom stereocenters. The van der Waals surface area contributed by atoms with Crippen molar-refractivity contribution in [3.05, 3.63) is 29.6 Å². The maximum Gasteiger partial charge on any atom is 0.252 e. The molecule has 2 saturated heterocycles. The molecule has 1 aromatic rings. The molecule has 2 aliphatic heterocycles. The fourth-order valence-corrected chi connectivity index (χ4v) is 3.82. The summed E-state index contributed by atoms with van der Waals surface area (Å²) in [6, 6.07) is 3.34. The quantitative estimate of drug-likeness (QED) is 0.862. The number of aromatic nitrogens is 1. The Bertz CT molecular complexity index is 643. The highest BCUT2D eigenvalue weighted by Gasteiger charge is 2.59. The molecule has 0 bridgehead atoms. The third-order valence-electron chi connectivity index (χ3n) is 5.08. The van der Waals surface area contributed by atoms with Crippen LogP contribution in [0, 0.1) is 16.7 Å². The van der Waals surface area contributed by atoms with Gasteiger partial charge in [0.15, 0.2) is 0 Å². The van der Waals surface area contributed by atoms with Crippen molar-refractivity contribution in [2.75, 3.05) is 0 Å². The lowest BCUT2D eigenvalue weighted by molar-refractivity contribution is -0.146. The number of hydrogen-bond acceptors (Lipinski definition) is 3. The predicted molar refractivity (Wildman–Crippen MR) is 74.9 cm³/mol. The Morgan fingerprint density at radius 3 is 2.91 bits per heavy atom. The van der Waals surface area contributed by atoms with Crippen molar-refractivity contribution in [3.8, 4) is 6.07 Å². The molecular weight excluding hydrogens is 288 g/mol. The third kappa shape index (κ3) is 1.99. The maximum atomic E-state index is 13.5. The molecule has 2 fully saturated rings. The molecule has 1 amide bonds. The predicted octanol–water partition coefficient (Wildman–Crippen LogP) is 3.05. The van der Waals surface area contributed by atoms with E-state index in [1.165, 1.54) is 6.20 Å². The van der Waals surface area contributed by atoms with Crippen LogP contribution in [0.4, 0.5) is 8.78 Å². The van der Waals surface area contributed by atoms with E-state index in [0.717, 1.165) is 18.4 Å². The van der Waals surface area contributed by atoms with Crippen LogP contribution in [-0.2, 0) is 4.79 Å². The molecule has 2 aliphatic rings. The third-order valence-corrected chi connectivity index (χ3v) is 5.08. The van der Waals surface area contributed by atoms with Crippen molar-refractivity contribution in [3.63, 3.8) is 0 Å². The lowest BCUT2D eigenvalue weighted by Gasteiger charge is -2.29. The molecule has 0 N–H and O–H groups in total. The van der Waals surface area contributed by atoms with Gasteiger partial charge in [-0.05, 0) is 37.3 Å². The van der Waals surface area contributed by atoms with Crippen LogP contribution in [0.1, 0.15) is 49.8 Å². The number of carbonyl (C=O) groups excluding carboxylic acids is 1. The lowest BCUT2D eigenvalue weighted by Crippen LogP contribution is -2.40. The average Bonchev–Trinajstić information content (AvgIpc) is 3.06. The van der Waals surface area contributed by atoms with Crippen LogP contribution in [0.3, 0.4) is 0 Å². The van der Waals surface area contributed by atoms with E-state index in [4.69, 9.17) is 5.26 Å². The highest BCUT2D eigenvalue weighted by atomic mass is 19.3. The van der Waals surface area contributed by atoms with Crippen LogP contribution in [0.15, 0.2) is 18.5 Å². The number of halogens is 2. The van der Waals surface area contributed by atoms with Crippen LogP contribution in [0.25, 0.3) is 0 Å². The molecule has 0 aromatic carbocycles. The van der Waals surface area contributed by atoms with Gasteiger partial charge in [0.05, 0.1) is 11.6 Å². The van der Waals surface area contributed by atoms with Crippen molar-refractivity contribution >= 4 is 5.91 Å². The lowest BCUT2D eigenvalue weighted by atomic mass is 9.81. The molecule has 0 radical (unpaired) electrons. The zero-order chi connectivity index (χ0) is 15.9.